The van der Waals surface area contributed by atoms with Crippen molar-refractivity contribution in [3.63, 3.8) is 0 Å². The molecule has 13 heteroatoms. The summed E-state index contributed by atoms with van der Waals surface area (Å²) in [6, 6.07) is 3.15. The van der Waals surface area contributed by atoms with Gasteiger partial charge < -0.3 is 4.74 Å². The molecule has 182 valence electrons. The van der Waals surface area contributed by atoms with Crippen molar-refractivity contribution in [2.45, 2.75) is 44.2 Å². The summed E-state index contributed by atoms with van der Waals surface area (Å²) < 4.78 is 138. The van der Waals surface area contributed by atoms with Crippen LogP contribution in [-0.4, -0.2) is 27.2 Å². The molecule has 0 spiro atoms. The summed E-state index contributed by atoms with van der Waals surface area (Å²) in [5.74, 6) is -4.02. The number of hydrogen-bond acceptors (Lipinski definition) is 2. The third-order valence-corrected chi connectivity index (χ3v) is 5.29. The average molecular weight is 505 g/mol. The molecular weight excluding hydrogens is 489 g/mol. The van der Waals surface area contributed by atoms with E-state index in [9.17, 15) is 43.7 Å². The standard InChI is InChI=1S/C20H16F9NO2S/c1-18(2,3)33(31)30-16(10-4-5-15(22)14(8-10)19(25,26)27)11-6-12(21)9-13(7-11)32-20(28,29)17(23)24/h4-9,17H,1-3H3. The van der Waals surface area contributed by atoms with Crippen LogP contribution in [0.5, 0.6) is 5.75 Å². The maximum absolute atomic E-state index is 14.1. The van der Waals surface area contributed by atoms with Gasteiger partial charge >= 0.3 is 18.7 Å². The monoisotopic (exact) mass is 505 g/mol. The molecule has 2 rings (SSSR count). The molecule has 0 aliphatic rings. The number of benzene rings is 2. The van der Waals surface area contributed by atoms with Crippen molar-refractivity contribution in [2.24, 2.45) is 4.40 Å². The van der Waals surface area contributed by atoms with E-state index in [-0.39, 0.29) is 0 Å². The Morgan fingerprint density at radius 3 is 2.06 bits per heavy atom. The van der Waals surface area contributed by atoms with Crippen LogP contribution in [0.2, 0.25) is 0 Å². The van der Waals surface area contributed by atoms with Gasteiger partial charge in [0.1, 0.15) is 28.4 Å². The number of rotatable bonds is 6. The van der Waals surface area contributed by atoms with Crippen molar-refractivity contribution < 1.29 is 48.5 Å². The number of halogens is 9. The first kappa shape index (κ1) is 26.7. The van der Waals surface area contributed by atoms with Gasteiger partial charge in [-0.25, -0.2) is 13.0 Å². The Labute approximate surface area is 184 Å². The lowest BCUT2D eigenvalue weighted by atomic mass is 9.99. The summed E-state index contributed by atoms with van der Waals surface area (Å²) in [7, 11) is -2.16. The van der Waals surface area contributed by atoms with E-state index >= 15 is 0 Å². The van der Waals surface area contributed by atoms with Crippen molar-refractivity contribution in [2.75, 3.05) is 0 Å². The van der Waals surface area contributed by atoms with E-state index < -0.39 is 74.2 Å². The Balaban J connectivity index is 2.74. The second-order valence-corrected chi connectivity index (χ2v) is 9.54. The molecule has 0 saturated carbocycles. The minimum absolute atomic E-state index is 0.313. The summed E-state index contributed by atoms with van der Waals surface area (Å²) >= 11 is 0. The van der Waals surface area contributed by atoms with Gasteiger partial charge in [-0.05, 0) is 51.1 Å². The highest BCUT2D eigenvalue weighted by Gasteiger charge is 2.44. The van der Waals surface area contributed by atoms with E-state index in [1.165, 1.54) is 20.8 Å². The molecule has 0 fully saturated rings. The van der Waals surface area contributed by atoms with Gasteiger partial charge in [0, 0.05) is 17.2 Å². The Kier molecular flexibility index (Phi) is 7.56. The number of nitrogens with zero attached hydrogens (tertiary/aromatic N) is 1. The summed E-state index contributed by atoms with van der Waals surface area (Å²) in [5, 5.41) is 0. The summed E-state index contributed by atoms with van der Waals surface area (Å²) in [6.07, 6.45) is -14.4. The highest BCUT2D eigenvalue weighted by Crippen LogP contribution is 2.34. The quantitative estimate of drug-likeness (QED) is 0.331. The van der Waals surface area contributed by atoms with Gasteiger partial charge in [0.15, 0.2) is 0 Å². The van der Waals surface area contributed by atoms with Crippen LogP contribution in [0.15, 0.2) is 40.8 Å². The molecule has 0 aliphatic heterocycles. The Morgan fingerprint density at radius 1 is 0.939 bits per heavy atom. The second-order valence-electron chi connectivity index (χ2n) is 7.63. The smallest absolute Gasteiger partial charge is 0.428 e. The first-order valence-corrected chi connectivity index (χ1v) is 10.1. The number of alkyl halides is 7. The lowest BCUT2D eigenvalue weighted by Gasteiger charge is -2.19. The summed E-state index contributed by atoms with van der Waals surface area (Å²) in [6.45, 7) is 4.37. The molecule has 0 N–H and O–H groups in total. The van der Waals surface area contributed by atoms with Gasteiger partial charge in [-0.2, -0.15) is 35.1 Å². The van der Waals surface area contributed by atoms with E-state index in [0.717, 1.165) is 6.07 Å². The zero-order valence-electron chi connectivity index (χ0n) is 17.1. The molecule has 0 aliphatic carbocycles. The van der Waals surface area contributed by atoms with E-state index in [1.54, 1.807) is 0 Å². The van der Waals surface area contributed by atoms with Crippen molar-refractivity contribution in [1.82, 2.24) is 0 Å². The van der Waals surface area contributed by atoms with Crippen LogP contribution in [0.1, 0.15) is 37.5 Å². The minimum atomic E-state index is -5.14. The molecule has 0 heterocycles. The van der Waals surface area contributed by atoms with Crippen molar-refractivity contribution in [1.29, 1.82) is 0 Å². The zero-order chi connectivity index (χ0) is 25.4. The molecular formula is C20H16F9NO2S. The van der Waals surface area contributed by atoms with Gasteiger partial charge in [-0.3, -0.25) is 0 Å². The van der Waals surface area contributed by atoms with Crippen LogP contribution in [0.4, 0.5) is 39.5 Å². The molecule has 0 saturated heterocycles. The molecule has 3 nitrogen and oxygen atoms in total. The van der Waals surface area contributed by atoms with E-state index in [2.05, 4.69) is 9.13 Å². The van der Waals surface area contributed by atoms with Gasteiger partial charge in [0.25, 0.3) is 0 Å². The molecule has 2 aromatic carbocycles. The van der Waals surface area contributed by atoms with Gasteiger partial charge in [-0.1, -0.05) is 0 Å². The lowest BCUT2D eigenvalue weighted by Crippen LogP contribution is -2.33. The molecule has 0 aromatic heterocycles. The van der Waals surface area contributed by atoms with Crippen LogP contribution >= 0.6 is 0 Å². The van der Waals surface area contributed by atoms with Crippen molar-refractivity contribution >= 4 is 16.7 Å². The summed E-state index contributed by atoms with van der Waals surface area (Å²) in [5.41, 5.74) is -3.32. The van der Waals surface area contributed by atoms with Gasteiger partial charge in [-0.15, -0.1) is 0 Å². The number of ether oxygens (including phenoxy) is 1. The van der Waals surface area contributed by atoms with E-state index in [4.69, 9.17) is 0 Å². The lowest BCUT2D eigenvalue weighted by molar-refractivity contribution is -0.253. The van der Waals surface area contributed by atoms with Crippen LogP contribution < -0.4 is 4.74 Å². The zero-order valence-corrected chi connectivity index (χ0v) is 17.9. The molecule has 1 atom stereocenters. The molecule has 1 unspecified atom stereocenters. The van der Waals surface area contributed by atoms with Crippen molar-refractivity contribution in [3.05, 3.63) is 64.7 Å². The maximum atomic E-state index is 14.1. The van der Waals surface area contributed by atoms with Gasteiger partial charge in [0.05, 0.1) is 16.0 Å². The molecule has 2 aromatic rings. The van der Waals surface area contributed by atoms with E-state index in [0.29, 0.717) is 30.3 Å². The Morgan fingerprint density at radius 2 is 1.55 bits per heavy atom. The van der Waals surface area contributed by atoms with Crippen LogP contribution in [0.3, 0.4) is 0 Å². The van der Waals surface area contributed by atoms with Crippen molar-refractivity contribution in [3.8, 4) is 5.75 Å². The second kappa shape index (κ2) is 9.35. The molecule has 0 bridgehead atoms. The van der Waals surface area contributed by atoms with Gasteiger partial charge in [0.2, 0.25) is 0 Å². The maximum Gasteiger partial charge on any atom is 0.461 e. The van der Waals surface area contributed by atoms with Crippen LogP contribution in [0.25, 0.3) is 0 Å². The fourth-order valence-electron chi connectivity index (χ4n) is 2.34. The third-order valence-electron chi connectivity index (χ3n) is 3.90. The Hall–Kier alpha value is -2.57. The summed E-state index contributed by atoms with van der Waals surface area (Å²) in [4.78, 5) is 0. The average Bonchev–Trinajstić information content (AvgIpc) is 2.63. The molecule has 0 amide bonds. The highest BCUT2D eigenvalue weighted by atomic mass is 32.2. The highest BCUT2D eigenvalue weighted by molar-refractivity contribution is 7.85. The normalized spacial score (nSPS) is 14.5. The predicted molar refractivity (Wildman–Crippen MR) is 103 cm³/mol. The first-order valence-electron chi connectivity index (χ1n) is 8.95. The van der Waals surface area contributed by atoms with E-state index in [1.807, 2.05) is 0 Å². The van der Waals surface area contributed by atoms with Crippen LogP contribution in [0, 0.1) is 11.6 Å². The number of hydrogen-bond donors (Lipinski definition) is 0. The predicted octanol–water partition coefficient (Wildman–Crippen LogP) is 6.52. The first-order chi connectivity index (χ1) is 14.9. The topological polar surface area (TPSA) is 38.7 Å². The fourth-order valence-corrected chi connectivity index (χ4v) is 2.99. The third kappa shape index (κ3) is 6.71. The SMILES string of the molecule is CC(C)(C)S(=O)N=C(c1cc(F)cc(OC(F)(F)C(F)F)c1)c1ccc(F)c(C(F)(F)F)c1. The molecule has 33 heavy (non-hydrogen) atoms. The Bertz CT molecular complexity index is 1080. The fraction of sp³-hybridized carbons (Fsp3) is 0.350. The van der Waals surface area contributed by atoms with Crippen LogP contribution in [-0.2, 0) is 17.2 Å². The molecule has 0 radical (unpaired) electrons. The largest absolute Gasteiger partial charge is 0.461 e. The minimum Gasteiger partial charge on any atom is -0.428 e.